The normalized spacial score (nSPS) is 15.8. The maximum absolute atomic E-state index is 13.1. The van der Waals surface area contributed by atoms with Gasteiger partial charge in [-0.1, -0.05) is 48.5 Å². The van der Waals surface area contributed by atoms with Gasteiger partial charge in [-0.3, -0.25) is 4.79 Å². The maximum atomic E-state index is 13.1. The molecule has 0 saturated carbocycles. The molecule has 1 aromatic heterocycles. The second-order valence-electron chi connectivity index (χ2n) is 7.85. The van der Waals surface area contributed by atoms with Crippen molar-refractivity contribution in [2.24, 2.45) is 0 Å². The van der Waals surface area contributed by atoms with Crippen LogP contribution in [-0.2, 0) is 11.4 Å². The van der Waals surface area contributed by atoms with E-state index in [0.717, 1.165) is 28.3 Å². The summed E-state index contributed by atoms with van der Waals surface area (Å²) < 4.78 is 7.26. The Morgan fingerprint density at radius 1 is 1.25 bits per heavy atom. The maximum Gasteiger partial charge on any atom is 0.237 e. The highest BCUT2D eigenvalue weighted by Crippen LogP contribution is 2.37. The summed E-state index contributed by atoms with van der Waals surface area (Å²) >= 11 is 3.11. The molecule has 0 unspecified atom stereocenters. The van der Waals surface area contributed by atoms with E-state index in [-0.39, 0.29) is 18.3 Å². The molecule has 7 nitrogen and oxygen atoms in total. The van der Waals surface area contributed by atoms with E-state index < -0.39 is 0 Å². The van der Waals surface area contributed by atoms with Crippen molar-refractivity contribution in [3.63, 3.8) is 0 Å². The van der Waals surface area contributed by atoms with Crippen LogP contribution in [0.15, 0.2) is 52.5 Å². The molecular weight excluding hydrogens is 442 g/mol. The molecule has 2 N–H and O–H groups in total. The molecule has 0 aliphatic carbocycles. The summed E-state index contributed by atoms with van der Waals surface area (Å²) in [7, 11) is 0. The summed E-state index contributed by atoms with van der Waals surface area (Å²) in [6.07, 6.45) is 0.947. The zero-order chi connectivity index (χ0) is 22.7. The lowest BCUT2D eigenvalue weighted by molar-refractivity contribution is -0.116. The van der Waals surface area contributed by atoms with Gasteiger partial charge in [0, 0.05) is 16.7 Å². The van der Waals surface area contributed by atoms with Crippen LogP contribution in [0.4, 0.5) is 5.69 Å². The number of hydrogen-bond acceptors (Lipinski definition) is 7. The number of amides is 1. The Morgan fingerprint density at radius 3 is 2.88 bits per heavy atom. The van der Waals surface area contributed by atoms with E-state index in [1.165, 1.54) is 22.0 Å². The molecule has 0 bridgehead atoms. The average molecular weight is 470 g/mol. The van der Waals surface area contributed by atoms with Gasteiger partial charge in [-0.15, -0.1) is 22.0 Å². The Kier molecular flexibility index (Phi) is 6.95. The van der Waals surface area contributed by atoms with Gasteiger partial charge in [0.25, 0.3) is 0 Å². The minimum atomic E-state index is 0.0354. The van der Waals surface area contributed by atoms with E-state index in [0.29, 0.717) is 22.8 Å². The standard InChI is InChI=1S/C23H27N5O2S2/c1-15-8-9-19(16(2)12-15)30-13-21-25-26-23(28(21)24)31-14-22(29)27-11-10-17(3)32-20-7-5-4-6-18(20)27/h4-9,12,17H,10-11,13-14,24H2,1-3H3/t17-/m0/s1. The fourth-order valence-electron chi connectivity index (χ4n) is 3.56. The number of ether oxygens (including phenoxy) is 1. The Balaban J connectivity index is 1.39. The van der Waals surface area contributed by atoms with Crippen molar-refractivity contribution in [1.82, 2.24) is 14.9 Å². The van der Waals surface area contributed by atoms with Crippen LogP contribution in [0.5, 0.6) is 5.75 Å². The third-order valence-electron chi connectivity index (χ3n) is 5.29. The van der Waals surface area contributed by atoms with Crippen molar-refractivity contribution >= 4 is 35.1 Å². The summed E-state index contributed by atoms with van der Waals surface area (Å²) in [6, 6.07) is 14.1. The van der Waals surface area contributed by atoms with Gasteiger partial charge in [-0.2, -0.15) is 0 Å². The van der Waals surface area contributed by atoms with Crippen LogP contribution in [-0.4, -0.2) is 38.3 Å². The Bertz CT molecular complexity index is 1120. The van der Waals surface area contributed by atoms with Gasteiger partial charge < -0.3 is 15.5 Å². The molecule has 1 aliphatic heterocycles. The lowest BCUT2D eigenvalue weighted by Gasteiger charge is -2.22. The number of fused-ring (bicyclic) bond motifs is 1. The van der Waals surface area contributed by atoms with E-state index in [2.05, 4.69) is 29.3 Å². The van der Waals surface area contributed by atoms with Crippen molar-refractivity contribution in [1.29, 1.82) is 0 Å². The first kappa shape index (κ1) is 22.5. The van der Waals surface area contributed by atoms with Gasteiger partial charge in [-0.05, 0) is 44.0 Å². The van der Waals surface area contributed by atoms with E-state index in [1.54, 1.807) is 0 Å². The number of thioether (sulfide) groups is 2. The van der Waals surface area contributed by atoms with Crippen LogP contribution in [0.2, 0.25) is 0 Å². The fourth-order valence-corrected chi connectivity index (χ4v) is 5.42. The largest absolute Gasteiger partial charge is 0.485 e. The predicted octanol–water partition coefficient (Wildman–Crippen LogP) is 4.20. The lowest BCUT2D eigenvalue weighted by Crippen LogP contribution is -2.33. The number of carbonyl (C=O) groups excluding carboxylic acids is 1. The minimum Gasteiger partial charge on any atom is -0.485 e. The van der Waals surface area contributed by atoms with E-state index >= 15 is 0 Å². The van der Waals surface area contributed by atoms with Gasteiger partial charge in [0.1, 0.15) is 12.4 Å². The zero-order valence-electron chi connectivity index (χ0n) is 18.4. The first-order valence-corrected chi connectivity index (χ1v) is 12.4. The summed E-state index contributed by atoms with van der Waals surface area (Å²) in [5, 5.41) is 9.25. The van der Waals surface area contributed by atoms with Crippen molar-refractivity contribution in [2.45, 2.75) is 49.1 Å². The van der Waals surface area contributed by atoms with Crippen LogP contribution in [0, 0.1) is 13.8 Å². The monoisotopic (exact) mass is 469 g/mol. The molecule has 4 rings (SSSR count). The molecule has 0 spiro atoms. The predicted molar refractivity (Wildman–Crippen MR) is 130 cm³/mol. The van der Waals surface area contributed by atoms with Crippen molar-refractivity contribution in [3.8, 4) is 5.75 Å². The van der Waals surface area contributed by atoms with E-state index in [9.17, 15) is 4.79 Å². The van der Waals surface area contributed by atoms with Gasteiger partial charge in [0.05, 0.1) is 11.4 Å². The van der Waals surface area contributed by atoms with E-state index in [1.807, 2.05) is 60.8 Å². The molecule has 0 saturated heterocycles. The molecule has 0 fully saturated rings. The molecule has 32 heavy (non-hydrogen) atoms. The summed E-state index contributed by atoms with van der Waals surface area (Å²) in [4.78, 5) is 16.1. The smallest absolute Gasteiger partial charge is 0.237 e. The minimum absolute atomic E-state index is 0.0354. The number of nitrogens with zero attached hydrogens (tertiary/aromatic N) is 4. The number of para-hydroxylation sites is 1. The van der Waals surface area contributed by atoms with Gasteiger partial charge in [0.2, 0.25) is 11.1 Å². The average Bonchev–Trinajstić information content (AvgIpc) is 3.02. The highest BCUT2D eigenvalue weighted by Gasteiger charge is 2.24. The molecule has 1 aliphatic rings. The third kappa shape index (κ3) is 5.05. The Hall–Kier alpha value is -2.65. The fraction of sp³-hybridized carbons (Fsp3) is 0.348. The van der Waals surface area contributed by atoms with Gasteiger partial charge >= 0.3 is 0 Å². The quantitative estimate of drug-likeness (QED) is 0.428. The van der Waals surface area contributed by atoms with Crippen LogP contribution in [0.25, 0.3) is 0 Å². The second-order valence-corrected chi connectivity index (χ2v) is 10.3. The highest BCUT2D eigenvalue weighted by atomic mass is 32.2. The molecule has 168 valence electrons. The third-order valence-corrected chi connectivity index (χ3v) is 7.46. The Labute approximate surface area is 196 Å². The molecular formula is C23H27N5O2S2. The highest BCUT2D eigenvalue weighted by molar-refractivity contribution is 8.00. The van der Waals surface area contributed by atoms with Crippen molar-refractivity contribution in [3.05, 3.63) is 59.4 Å². The summed E-state index contributed by atoms with van der Waals surface area (Å²) in [5.74, 6) is 7.74. The van der Waals surface area contributed by atoms with E-state index in [4.69, 9.17) is 10.6 Å². The second kappa shape index (κ2) is 9.87. The van der Waals surface area contributed by atoms with Crippen LogP contribution < -0.4 is 15.5 Å². The van der Waals surface area contributed by atoms with Crippen LogP contribution >= 0.6 is 23.5 Å². The number of anilines is 1. The first-order valence-electron chi connectivity index (χ1n) is 10.5. The lowest BCUT2D eigenvalue weighted by atomic mass is 10.1. The number of carbonyl (C=O) groups is 1. The molecule has 1 atom stereocenters. The first-order chi connectivity index (χ1) is 15.4. The number of nitrogens with two attached hydrogens (primary N) is 1. The molecule has 2 heterocycles. The number of nitrogen functional groups attached to an aromatic ring is 1. The zero-order valence-corrected chi connectivity index (χ0v) is 20.1. The number of aryl methyl sites for hydroxylation is 2. The van der Waals surface area contributed by atoms with Crippen LogP contribution in [0.1, 0.15) is 30.3 Å². The SMILES string of the molecule is Cc1ccc(OCc2nnc(SCC(=O)N3CC[C@H](C)Sc4ccccc43)n2N)c(C)c1. The topological polar surface area (TPSA) is 86.3 Å². The van der Waals surface area contributed by atoms with Crippen molar-refractivity contribution in [2.75, 3.05) is 23.0 Å². The van der Waals surface area contributed by atoms with Gasteiger partial charge in [0.15, 0.2) is 5.82 Å². The van der Waals surface area contributed by atoms with Gasteiger partial charge in [-0.25, -0.2) is 4.68 Å². The Morgan fingerprint density at radius 2 is 2.06 bits per heavy atom. The number of aromatic nitrogens is 3. The number of rotatable bonds is 6. The number of hydrogen-bond donors (Lipinski definition) is 1. The molecule has 9 heteroatoms. The molecule has 1 amide bonds. The molecule has 2 aromatic carbocycles. The molecule has 3 aromatic rings. The summed E-state index contributed by atoms with van der Waals surface area (Å²) in [6.45, 7) is 7.15. The summed E-state index contributed by atoms with van der Waals surface area (Å²) in [5.41, 5.74) is 3.21. The number of benzene rings is 2. The molecule has 0 radical (unpaired) electrons. The van der Waals surface area contributed by atoms with Crippen LogP contribution in [0.3, 0.4) is 0 Å². The van der Waals surface area contributed by atoms with Crippen molar-refractivity contribution < 1.29 is 9.53 Å².